The number of para-hydroxylation sites is 1. The van der Waals surface area contributed by atoms with Crippen LogP contribution in [0.5, 0.6) is 0 Å². The number of rotatable bonds is 5. The van der Waals surface area contributed by atoms with E-state index in [4.69, 9.17) is 11.6 Å². The second-order valence-corrected chi connectivity index (χ2v) is 9.79. The predicted octanol–water partition coefficient (Wildman–Crippen LogP) is 3.74. The van der Waals surface area contributed by atoms with Crippen molar-refractivity contribution < 1.29 is 27.5 Å². The van der Waals surface area contributed by atoms with Crippen LogP contribution in [0.15, 0.2) is 59.6 Å². The van der Waals surface area contributed by atoms with Crippen molar-refractivity contribution in [1.29, 1.82) is 0 Å². The molecule has 3 aromatic rings. The highest BCUT2D eigenvalue weighted by Crippen LogP contribution is 2.28. The molecule has 12 heteroatoms. The lowest BCUT2D eigenvalue weighted by atomic mass is 10.2. The average molecular weight is 495 g/mol. The number of halogens is 2. The molecular formula is C21H20ClFN4O5S. The molecule has 0 saturated carbocycles. The Balaban J connectivity index is 1.51. The Bertz CT molecular complexity index is 1330. The van der Waals surface area contributed by atoms with Crippen molar-refractivity contribution in [3.8, 4) is 0 Å². The van der Waals surface area contributed by atoms with Gasteiger partial charge in [-0.1, -0.05) is 35.9 Å². The van der Waals surface area contributed by atoms with Crippen molar-refractivity contribution in [1.82, 2.24) is 14.2 Å². The number of aromatic nitrogens is 1. The topological polar surface area (TPSA) is 121 Å². The van der Waals surface area contributed by atoms with Gasteiger partial charge in [0.05, 0.1) is 22.6 Å². The van der Waals surface area contributed by atoms with Crippen LogP contribution < -0.4 is 10.0 Å². The van der Waals surface area contributed by atoms with Gasteiger partial charge in [0.2, 0.25) is 10.0 Å². The lowest BCUT2D eigenvalue weighted by Gasteiger charge is -2.24. The van der Waals surface area contributed by atoms with Crippen LogP contribution in [-0.4, -0.2) is 60.4 Å². The van der Waals surface area contributed by atoms with Gasteiger partial charge in [0.15, 0.2) is 0 Å². The number of alkyl halides is 1. The summed E-state index contributed by atoms with van der Waals surface area (Å²) in [6, 6.07) is 10.9. The number of hydrogen-bond donors (Lipinski definition) is 3. The number of carbonyl (C=O) groups excluding carboxylic acids is 1. The van der Waals surface area contributed by atoms with Gasteiger partial charge in [-0.2, -0.15) is 0 Å². The first-order valence-corrected chi connectivity index (χ1v) is 11.8. The zero-order chi connectivity index (χ0) is 23.8. The second-order valence-electron chi connectivity index (χ2n) is 7.59. The van der Waals surface area contributed by atoms with Crippen LogP contribution in [0.3, 0.4) is 0 Å². The number of carboxylic acid groups (broad SMARTS) is 1. The van der Waals surface area contributed by atoms with Crippen LogP contribution in [0.1, 0.15) is 6.42 Å². The Hall–Kier alpha value is -3.15. The molecule has 9 nitrogen and oxygen atoms in total. The van der Waals surface area contributed by atoms with Crippen molar-refractivity contribution in [2.24, 2.45) is 0 Å². The number of fused-ring (bicyclic) bond motifs is 1. The average Bonchev–Trinajstić information content (AvgIpc) is 3.33. The monoisotopic (exact) mass is 494 g/mol. The third-order valence-electron chi connectivity index (χ3n) is 5.40. The summed E-state index contributed by atoms with van der Waals surface area (Å²) in [7, 11) is -3.91. The van der Waals surface area contributed by atoms with Crippen LogP contribution in [0.4, 0.5) is 19.7 Å². The Labute approximate surface area is 193 Å². The summed E-state index contributed by atoms with van der Waals surface area (Å²) in [5, 5.41) is 12.8. The summed E-state index contributed by atoms with van der Waals surface area (Å²) in [5.41, 5.74) is 0.634. The van der Waals surface area contributed by atoms with Crippen LogP contribution in [0.25, 0.3) is 10.9 Å². The molecule has 0 bridgehead atoms. The first-order chi connectivity index (χ1) is 15.7. The number of benzene rings is 2. The quantitative estimate of drug-likeness (QED) is 0.499. The number of anilines is 1. The minimum Gasteiger partial charge on any atom is -0.464 e. The normalized spacial score (nSPS) is 18.5. The fourth-order valence-corrected chi connectivity index (χ4v) is 5.22. The first-order valence-electron chi connectivity index (χ1n) is 9.96. The van der Waals surface area contributed by atoms with E-state index in [9.17, 15) is 27.5 Å². The summed E-state index contributed by atoms with van der Waals surface area (Å²) in [4.78, 5) is 25.6. The Morgan fingerprint density at radius 1 is 1.18 bits per heavy atom. The van der Waals surface area contributed by atoms with Gasteiger partial charge in [0.25, 0.3) is 0 Å². The first kappa shape index (κ1) is 23.0. The van der Waals surface area contributed by atoms with Gasteiger partial charge in [-0.3, -0.25) is 4.57 Å². The smallest absolute Gasteiger partial charge is 0.416 e. The van der Waals surface area contributed by atoms with Gasteiger partial charge >= 0.3 is 12.1 Å². The van der Waals surface area contributed by atoms with Crippen molar-refractivity contribution in [3.05, 3.63) is 59.8 Å². The molecule has 2 atom stereocenters. The van der Waals surface area contributed by atoms with Gasteiger partial charge in [-0.15, -0.1) is 0 Å². The number of urea groups is 1. The molecule has 1 aromatic heterocycles. The molecule has 0 aliphatic carbocycles. The third-order valence-corrected chi connectivity index (χ3v) is 7.06. The van der Waals surface area contributed by atoms with E-state index in [1.807, 2.05) is 0 Å². The van der Waals surface area contributed by atoms with Crippen LogP contribution >= 0.6 is 11.6 Å². The third kappa shape index (κ3) is 4.80. The fourth-order valence-electron chi connectivity index (χ4n) is 3.85. The summed E-state index contributed by atoms with van der Waals surface area (Å²) in [6.45, 7) is -0.410. The largest absolute Gasteiger partial charge is 0.464 e. The molecule has 174 valence electrons. The molecule has 2 amide bonds. The van der Waals surface area contributed by atoms with E-state index < -0.39 is 34.4 Å². The summed E-state index contributed by atoms with van der Waals surface area (Å²) in [6.07, 6.45) is -1.31. The molecule has 4 rings (SSSR count). The van der Waals surface area contributed by atoms with Gasteiger partial charge in [0.1, 0.15) is 6.17 Å². The molecule has 1 fully saturated rings. The number of amides is 2. The van der Waals surface area contributed by atoms with E-state index in [1.54, 1.807) is 30.3 Å². The highest BCUT2D eigenvalue weighted by molar-refractivity contribution is 7.89. The number of sulfonamides is 1. The molecule has 2 aromatic carbocycles. The molecule has 1 aliphatic heterocycles. The SMILES string of the molecule is O=C(Nc1cn(C(=O)O)c2ccccc12)N1C[C@H](F)C[C@H]1CNS(=O)(=O)c1cccc(Cl)c1. The molecule has 0 spiro atoms. The maximum atomic E-state index is 14.2. The van der Waals surface area contributed by atoms with Crippen LogP contribution in [-0.2, 0) is 10.0 Å². The van der Waals surface area contributed by atoms with Gasteiger partial charge < -0.3 is 15.3 Å². The van der Waals surface area contributed by atoms with Gasteiger partial charge in [0, 0.05) is 35.6 Å². The van der Waals surface area contributed by atoms with E-state index in [0.717, 1.165) is 4.57 Å². The van der Waals surface area contributed by atoms with Gasteiger partial charge in [-0.05, 0) is 24.3 Å². The maximum absolute atomic E-state index is 14.2. The summed E-state index contributed by atoms with van der Waals surface area (Å²) in [5.74, 6) is 0. The molecule has 0 radical (unpaired) electrons. The van der Waals surface area contributed by atoms with Crippen molar-refractivity contribution >= 4 is 50.3 Å². The molecule has 0 unspecified atom stereocenters. The molecule has 3 N–H and O–H groups in total. The number of carbonyl (C=O) groups is 2. The lowest BCUT2D eigenvalue weighted by Crippen LogP contribution is -2.45. The zero-order valence-electron chi connectivity index (χ0n) is 17.1. The molecule has 2 heterocycles. The highest BCUT2D eigenvalue weighted by atomic mass is 35.5. The minimum absolute atomic E-state index is 0.0393. The number of hydrogen-bond acceptors (Lipinski definition) is 4. The van der Waals surface area contributed by atoms with E-state index in [-0.39, 0.29) is 35.1 Å². The van der Waals surface area contributed by atoms with Crippen molar-refractivity contribution in [2.45, 2.75) is 23.5 Å². The number of likely N-dealkylation sites (tertiary alicyclic amines) is 1. The second kappa shape index (κ2) is 9.00. The molecular weight excluding hydrogens is 475 g/mol. The summed E-state index contributed by atoms with van der Waals surface area (Å²) >= 11 is 5.86. The predicted molar refractivity (Wildman–Crippen MR) is 121 cm³/mol. The summed E-state index contributed by atoms with van der Waals surface area (Å²) < 4.78 is 42.7. The maximum Gasteiger partial charge on any atom is 0.416 e. The van der Waals surface area contributed by atoms with Crippen LogP contribution in [0.2, 0.25) is 5.02 Å². The van der Waals surface area contributed by atoms with Crippen molar-refractivity contribution in [2.75, 3.05) is 18.4 Å². The Morgan fingerprint density at radius 3 is 2.67 bits per heavy atom. The Kier molecular flexibility index (Phi) is 6.28. The molecule has 33 heavy (non-hydrogen) atoms. The lowest BCUT2D eigenvalue weighted by molar-refractivity contribution is 0.197. The number of nitrogens with one attached hydrogen (secondary N) is 2. The molecule has 1 aliphatic rings. The van der Waals surface area contributed by atoms with Gasteiger partial charge in [-0.25, -0.2) is 27.1 Å². The van der Waals surface area contributed by atoms with E-state index in [0.29, 0.717) is 10.9 Å². The fraction of sp³-hybridized carbons (Fsp3) is 0.238. The van der Waals surface area contributed by atoms with Crippen LogP contribution in [0, 0.1) is 0 Å². The van der Waals surface area contributed by atoms with E-state index in [1.165, 1.54) is 29.3 Å². The highest BCUT2D eigenvalue weighted by Gasteiger charge is 2.36. The molecule has 1 saturated heterocycles. The van der Waals surface area contributed by atoms with E-state index >= 15 is 0 Å². The zero-order valence-corrected chi connectivity index (χ0v) is 18.7. The Morgan fingerprint density at radius 2 is 1.94 bits per heavy atom. The number of nitrogens with zero attached hydrogens (tertiary/aromatic N) is 2. The van der Waals surface area contributed by atoms with Crippen molar-refractivity contribution in [3.63, 3.8) is 0 Å². The minimum atomic E-state index is -3.91. The van der Waals surface area contributed by atoms with E-state index in [2.05, 4.69) is 10.0 Å². The standard InChI is InChI=1S/C21H20ClFN4O5S/c22-13-4-3-5-16(8-13)33(31,32)24-10-15-9-14(23)11-26(15)20(28)25-18-12-27(21(29)30)19-7-2-1-6-17(18)19/h1-8,12,14-15,24H,9-11H2,(H,25,28)(H,29,30)/t14-,15+/m1/s1.